The molecule has 10 heteroatoms. The van der Waals surface area contributed by atoms with Crippen molar-refractivity contribution in [2.24, 2.45) is 0 Å². The van der Waals surface area contributed by atoms with Gasteiger partial charge in [0.05, 0.1) is 16.0 Å². The number of imide groups is 1. The van der Waals surface area contributed by atoms with Gasteiger partial charge in [-0.2, -0.15) is 16.5 Å². The molecule has 1 heterocycles. The quantitative estimate of drug-likeness (QED) is 0.616. The average molecular weight is 449 g/mol. The Hall–Kier alpha value is -2.69. The molecule has 30 heavy (non-hydrogen) atoms. The van der Waals surface area contributed by atoms with E-state index in [1.165, 1.54) is 36.0 Å². The van der Waals surface area contributed by atoms with Crippen molar-refractivity contribution >= 4 is 39.6 Å². The van der Waals surface area contributed by atoms with Crippen LogP contribution in [-0.2, 0) is 19.7 Å². The fourth-order valence-electron chi connectivity index (χ4n) is 2.84. The molecule has 0 aromatic heterocycles. The molecule has 1 unspecified atom stereocenters. The largest absolute Gasteiger partial charge is 0.351 e. The minimum atomic E-state index is -4.01. The van der Waals surface area contributed by atoms with Crippen molar-refractivity contribution in [2.45, 2.75) is 24.3 Å². The second-order valence-corrected chi connectivity index (χ2v) is 9.33. The number of carbonyl (C=O) groups is 3. The summed E-state index contributed by atoms with van der Waals surface area (Å²) in [4.78, 5) is 42.5. The van der Waals surface area contributed by atoms with Crippen LogP contribution in [-0.4, -0.2) is 49.3 Å². The van der Waals surface area contributed by atoms with Crippen LogP contribution in [0.2, 0.25) is 0 Å². The number of nitrogens with zero attached hydrogens (tertiary/aromatic N) is 1. The molecule has 0 saturated heterocycles. The van der Waals surface area contributed by atoms with E-state index >= 15 is 0 Å². The Morgan fingerprint density at radius 2 is 1.63 bits per heavy atom. The number of aryl methyl sites for hydroxylation is 1. The molecule has 2 amide bonds. The molecule has 0 bridgehead atoms. The third-order valence-electron chi connectivity index (χ3n) is 4.46. The molecule has 8 nitrogen and oxygen atoms in total. The number of thioether (sulfide) groups is 1. The van der Waals surface area contributed by atoms with Crippen LogP contribution >= 0.6 is 11.8 Å². The molecule has 1 atom stereocenters. The third kappa shape index (κ3) is 4.55. The maximum atomic E-state index is 12.7. The Bertz CT molecular complexity index is 1050. The first-order valence-electron chi connectivity index (χ1n) is 9.02. The average Bonchev–Trinajstić information content (AvgIpc) is 2.96. The van der Waals surface area contributed by atoms with E-state index in [0.717, 1.165) is 5.56 Å². The Balaban J connectivity index is 1.78. The zero-order chi connectivity index (χ0) is 21.9. The van der Waals surface area contributed by atoms with Crippen molar-refractivity contribution < 1.29 is 27.6 Å². The highest BCUT2D eigenvalue weighted by Gasteiger charge is 2.40. The van der Waals surface area contributed by atoms with Crippen LogP contribution in [0.3, 0.4) is 0 Å². The normalized spacial score (nSPS) is 14.5. The number of benzene rings is 2. The van der Waals surface area contributed by atoms with E-state index < -0.39 is 33.8 Å². The van der Waals surface area contributed by atoms with Gasteiger partial charge in [-0.1, -0.05) is 34.9 Å². The zero-order valence-electron chi connectivity index (χ0n) is 16.3. The van der Waals surface area contributed by atoms with Crippen molar-refractivity contribution in [1.82, 2.24) is 9.79 Å². The summed E-state index contributed by atoms with van der Waals surface area (Å²) in [6.07, 6.45) is 1.93. The van der Waals surface area contributed by atoms with E-state index in [9.17, 15) is 22.8 Å². The van der Waals surface area contributed by atoms with Gasteiger partial charge in [0.1, 0.15) is 6.04 Å². The Morgan fingerprint density at radius 1 is 1.07 bits per heavy atom. The molecule has 0 fully saturated rings. The monoisotopic (exact) mass is 448 g/mol. The number of rotatable bonds is 8. The second-order valence-electron chi connectivity index (χ2n) is 6.63. The van der Waals surface area contributed by atoms with E-state index in [4.69, 9.17) is 4.84 Å². The van der Waals surface area contributed by atoms with Gasteiger partial charge >= 0.3 is 5.97 Å². The van der Waals surface area contributed by atoms with E-state index in [-0.39, 0.29) is 22.4 Å². The summed E-state index contributed by atoms with van der Waals surface area (Å²) in [5.41, 5.74) is 1.13. The van der Waals surface area contributed by atoms with Crippen LogP contribution in [0, 0.1) is 6.92 Å². The molecule has 2 aromatic rings. The summed E-state index contributed by atoms with van der Waals surface area (Å²) >= 11 is 1.41. The van der Waals surface area contributed by atoms with Gasteiger partial charge in [-0.25, -0.2) is 13.2 Å². The molecule has 1 aliphatic rings. The zero-order valence-corrected chi connectivity index (χ0v) is 18.0. The number of carbonyl (C=O) groups excluding carboxylic acids is 3. The third-order valence-corrected chi connectivity index (χ3v) is 6.59. The summed E-state index contributed by atoms with van der Waals surface area (Å²) in [5.74, 6) is -2.12. The van der Waals surface area contributed by atoms with Crippen LogP contribution in [0.1, 0.15) is 32.7 Å². The number of hydrogen-bond donors (Lipinski definition) is 1. The maximum Gasteiger partial charge on any atom is 0.351 e. The van der Waals surface area contributed by atoms with Gasteiger partial charge in [-0.15, -0.1) is 0 Å². The Morgan fingerprint density at radius 3 is 2.17 bits per heavy atom. The molecule has 1 aliphatic heterocycles. The number of hydrogen-bond acceptors (Lipinski definition) is 7. The smallest absolute Gasteiger partial charge is 0.328 e. The second kappa shape index (κ2) is 8.99. The van der Waals surface area contributed by atoms with Crippen molar-refractivity contribution in [3.8, 4) is 0 Å². The van der Waals surface area contributed by atoms with E-state index in [1.807, 2.05) is 6.92 Å². The van der Waals surface area contributed by atoms with Crippen LogP contribution in [0.5, 0.6) is 0 Å². The lowest BCUT2D eigenvalue weighted by molar-refractivity contribution is -0.170. The van der Waals surface area contributed by atoms with E-state index in [1.54, 1.807) is 30.5 Å². The first-order valence-corrected chi connectivity index (χ1v) is 11.9. The summed E-state index contributed by atoms with van der Waals surface area (Å²) < 4.78 is 27.7. The molecule has 3 rings (SSSR count). The molecular weight excluding hydrogens is 428 g/mol. The SMILES string of the molecule is CSCCC(NS(=O)(=O)c1ccc(C)cc1)C(=O)ON1C(=O)c2ccccc2C1=O. The van der Waals surface area contributed by atoms with Gasteiger partial charge in [0, 0.05) is 0 Å². The van der Waals surface area contributed by atoms with Crippen molar-refractivity contribution in [2.75, 3.05) is 12.0 Å². The minimum absolute atomic E-state index is 0.00391. The lowest BCUT2D eigenvalue weighted by Gasteiger charge is -2.20. The number of nitrogens with one attached hydrogen (secondary N) is 1. The minimum Gasteiger partial charge on any atom is -0.328 e. The lowest BCUT2D eigenvalue weighted by Crippen LogP contribution is -2.45. The van der Waals surface area contributed by atoms with Crippen LogP contribution in [0.4, 0.5) is 0 Å². The van der Waals surface area contributed by atoms with Gasteiger partial charge in [-0.3, -0.25) is 9.59 Å². The van der Waals surface area contributed by atoms with Gasteiger partial charge in [-0.05, 0) is 49.6 Å². The maximum absolute atomic E-state index is 12.7. The van der Waals surface area contributed by atoms with Gasteiger partial charge in [0.25, 0.3) is 11.8 Å². The van der Waals surface area contributed by atoms with E-state index in [0.29, 0.717) is 10.8 Å². The van der Waals surface area contributed by atoms with Crippen LogP contribution in [0.25, 0.3) is 0 Å². The predicted octanol–water partition coefficient (Wildman–Crippen LogP) is 2.15. The van der Waals surface area contributed by atoms with Gasteiger partial charge in [0.15, 0.2) is 0 Å². The molecule has 158 valence electrons. The summed E-state index contributed by atoms with van der Waals surface area (Å²) in [7, 11) is -4.01. The number of sulfonamides is 1. The molecular formula is C20H20N2O6S2. The molecule has 2 aromatic carbocycles. The first-order chi connectivity index (χ1) is 14.2. The molecule has 0 radical (unpaired) electrons. The van der Waals surface area contributed by atoms with Crippen molar-refractivity contribution in [3.05, 3.63) is 65.2 Å². The summed E-state index contributed by atoms with van der Waals surface area (Å²) in [5, 5.41) is 0.374. The van der Waals surface area contributed by atoms with Gasteiger partial charge < -0.3 is 4.84 Å². The molecule has 0 saturated carbocycles. The highest BCUT2D eigenvalue weighted by atomic mass is 32.2. The Labute approximate surface area is 178 Å². The topological polar surface area (TPSA) is 110 Å². The van der Waals surface area contributed by atoms with Crippen molar-refractivity contribution in [1.29, 1.82) is 0 Å². The standard InChI is InChI=1S/C20H20N2O6S2/c1-13-7-9-14(10-8-13)30(26,27)21-17(11-12-29-2)20(25)28-22-18(23)15-5-3-4-6-16(15)19(22)24/h3-10,17,21H,11-12H2,1-2H3. The van der Waals surface area contributed by atoms with Gasteiger partial charge in [0.2, 0.25) is 10.0 Å². The van der Waals surface area contributed by atoms with Crippen LogP contribution < -0.4 is 4.72 Å². The highest BCUT2D eigenvalue weighted by Crippen LogP contribution is 2.23. The molecule has 1 N–H and O–H groups in total. The number of amides is 2. The Kier molecular flexibility index (Phi) is 6.59. The first kappa shape index (κ1) is 22.0. The number of fused-ring (bicyclic) bond motifs is 1. The van der Waals surface area contributed by atoms with Crippen LogP contribution in [0.15, 0.2) is 53.4 Å². The highest BCUT2D eigenvalue weighted by molar-refractivity contribution is 7.98. The van der Waals surface area contributed by atoms with Crippen molar-refractivity contribution in [3.63, 3.8) is 0 Å². The molecule has 0 aliphatic carbocycles. The molecule has 0 spiro atoms. The fraction of sp³-hybridized carbons (Fsp3) is 0.250. The summed E-state index contributed by atoms with van der Waals surface area (Å²) in [6, 6.07) is 11.0. The number of hydroxylamine groups is 2. The summed E-state index contributed by atoms with van der Waals surface area (Å²) in [6.45, 7) is 1.82. The lowest BCUT2D eigenvalue weighted by atomic mass is 10.1. The fourth-order valence-corrected chi connectivity index (χ4v) is 4.53. The van der Waals surface area contributed by atoms with E-state index in [2.05, 4.69) is 4.72 Å². The predicted molar refractivity (Wildman–Crippen MR) is 111 cm³/mol.